The second-order valence-corrected chi connectivity index (χ2v) is 12.0. The molecule has 2 aromatic heterocycles. The molecule has 2 aliphatic heterocycles. The molecule has 236 valence electrons. The van der Waals surface area contributed by atoms with Crippen LogP contribution in [0.1, 0.15) is 30.3 Å². The molecule has 13 heteroatoms. The van der Waals surface area contributed by atoms with E-state index in [1.807, 2.05) is 23.1 Å². The van der Waals surface area contributed by atoms with Gasteiger partial charge in [-0.3, -0.25) is 24.4 Å². The topological polar surface area (TPSA) is 154 Å². The molecular formula is C32H39N9O3S. The fourth-order valence-corrected chi connectivity index (χ4v) is 6.12. The van der Waals surface area contributed by atoms with Crippen LogP contribution in [0.4, 0.5) is 11.5 Å². The zero-order valence-electron chi connectivity index (χ0n) is 25.6. The van der Waals surface area contributed by atoms with Crippen LogP contribution >= 0.6 is 11.8 Å². The number of nitrogens with zero attached hydrogens (tertiary/aromatic N) is 7. The highest BCUT2D eigenvalue weighted by Gasteiger charge is 2.22. The first-order valence-electron chi connectivity index (χ1n) is 15.2. The van der Waals surface area contributed by atoms with Gasteiger partial charge in [0.05, 0.1) is 24.6 Å². The van der Waals surface area contributed by atoms with E-state index in [1.165, 1.54) is 18.7 Å². The quantitative estimate of drug-likeness (QED) is 0.238. The Labute approximate surface area is 268 Å². The van der Waals surface area contributed by atoms with Crippen LogP contribution in [-0.2, 0) is 26.5 Å². The van der Waals surface area contributed by atoms with E-state index in [-0.39, 0.29) is 23.2 Å². The van der Waals surface area contributed by atoms with Gasteiger partial charge in [0.15, 0.2) is 5.16 Å². The maximum atomic E-state index is 13.0. The first kappa shape index (κ1) is 32.3. The van der Waals surface area contributed by atoms with Crippen LogP contribution in [0.5, 0.6) is 0 Å². The van der Waals surface area contributed by atoms with Crippen LogP contribution in [0.2, 0.25) is 0 Å². The number of hydrogen-bond acceptors (Lipinski definition) is 11. The molecule has 0 saturated carbocycles. The summed E-state index contributed by atoms with van der Waals surface area (Å²) in [7, 11) is 0. The first-order valence-corrected chi connectivity index (χ1v) is 16.2. The van der Waals surface area contributed by atoms with Crippen molar-refractivity contribution >= 4 is 35.1 Å². The van der Waals surface area contributed by atoms with Gasteiger partial charge in [-0.15, -0.1) is 0 Å². The van der Waals surface area contributed by atoms with E-state index < -0.39 is 0 Å². The van der Waals surface area contributed by atoms with Crippen LogP contribution in [0, 0.1) is 11.3 Å². The molecule has 2 saturated heterocycles. The highest BCUT2D eigenvalue weighted by molar-refractivity contribution is 7.98. The number of thioether (sulfide) groups is 1. The minimum Gasteiger partial charge on any atom is -0.382 e. The van der Waals surface area contributed by atoms with Crippen LogP contribution < -0.4 is 11.1 Å². The lowest BCUT2D eigenvalue weighted by Crippen LogP contribution is -2.51. The molecule has 5 rings (SSSR count). The molecule has 45 heavy (non-hydrogen) atoms. The average Bonchev–Trinajstić information content (AvgIpc) is 3.06. The van der Waals surface area contributed by atoms with Crippen molar-refractivity contribution in [2.24, 2.45) is 0 Å². The van der Waals surface area contributed by atoms with Crippen molar-refractivity contribution in [1.29, 1.82) is 5.26 Å². The van der Waals surface area contributed by atoms with Crippen LogP contribution in [0.15, 0.2) is 47.6 Å². The van der Waals surface area contributed by atoms with Gasteiger partial charge in [0, 0.05) is 88.4 Å². The van der Waals surface area contributed by atoms with Crippen molar-refractivity contribution < 1.29 is 14.3 Å². The molecule has 0 spiro atoms. The van der Waals surface area contributed by atoms with Gasteiger partial charge in [-0.25, -0.2) is 9.97 Å². The minimum atomic E-state index is -0.168. The van der Waals surface area contributed by atoms with Gasteiger partial charge in [0.25, 0.3) is 0 Å². The molecule has 0 aliphatic carbocycles. The van der Waals surface area contributed by atoms with E-state index in [0.29, 0.717) is 40.7 Å². The molecule has 3 N–H and O–H groups in total. The maximum Gasteiger partial charge on any atom is 0.223 e. The third kappa shape index (κ3) is 9.21. The van der Waals surface area contributed by atoms with Gasteiger partial charge in [-0.2, -0.15) is 5.26 Å². The zero-order chi connectivity index (χ0) is 31.6. The van der Waals surface area contributed by atoms with Gasteiger partial charge in [-0.05, 0) is 30.7 Å². The highest BCUT2D eigenvalue weighted by Crippen LogP contribution is 2.29. The predicted octanol–water partition coefficient (Wildman–Crippen LogP) is 2.65. The average molecular weight is 630 g/mol. The summed E-state index contributed by atoms with van der Waals surface area (Å²) < 4.78 is 5.43. The Morgan fingerprint density at radius 3 is 2.33 bits per heavy atom. The van der Waals surface area contributed by atoms with Crippen LogP contribution in [0.25, 0.3) is 11.3 Å². The summed E-state index contributed by atoms with van der Waals surface area (Å²) in [5.74, 6) is 0.608. The van der Waals surface area contributed by atoms with Crippen molar-refractivity contribution in [3.8, 4) is 17.3 Å². The monoisotopic (exact) mass is 629 g/mol. The Kier molecular flexibility index (Phi) is 11.3. The number of benzene rings is 1. The first-order chi connectivity index (χ1) is 21.9. The molecule has 0 bridgehead atoms. The van der Waals surface area contributed by atoms with E-state index in [1.54, 1.807) is 24.3 Å². The number of amides is 2. The number of rotatable bonds is 11. The standard InChI is InChI=1S/C32H39N9O3S/c1-23(42)35-26-7-5-24(6-8-26)30-28(21-33)31(34)38-32(37-30)45-22-27-4-2-3-25(36-27)9-10-29(43)41-15-13-39(14-16-41)11-12-40-17-19-44-20-18-40/h2-8H,9-20,22H2,1H3,(H,35,42)(H2,34,37,38). The third-order valence-corrected chi connectivity index (χ3v) is 8.76. The van der Waals surface area contributed by atoms with Crippen LogP contribution in [-0.4, -0.2) is 107 Å². The largest absolute Gasteiger partial charge is 0.382 e. The number of anilines is 2. The van der Waals surface area contributed by atoms with E-state index in [4.69, 9.17) is 15.5 Å². The summed E-state index contributed by atoms with van der Waals surface area (Å²) in [4.78, 5) is 44.9. The molecule has 4 heterocycles. The van der Waals surface area contributed by atoms with Crippen molar-refractivity contribution in [2.45, 2.75) is 30.7 Å². The number of nitrogens with one attached hydrogen (secondary N) is 1. The number of piperazine rings is 1. The second-order valence-electron chi connectivity index (χ2n) is 11.1. The molecule has 0 unspecified atom stereocenters. The molecule has 12 nitrogen and oxygen atoms in total. The Balaban J connectivity index is 1.12. The molecule has 1 aromatic carbocycles. The third-order valence-electron chi connectivity index (χ3n) is 7.88. The Morgan fingerprint density at radius 1 is 0.956 bits per heavy atom. The molecule has 2 fully saturated rings. The lowest BCUT2D eigenvalue weighted by Gasteiger charge is -2.36. The second kappa shape index (κ2) is 15.8. The van der Waals surface area contributed by atoms with E-state index >= 15 is 0 Å². The summed E-state index contributed by atoms with van der Waals surface area (Å²) in [6.45, 7) is 10.5. The molecule has 0 radical (unpaired) electrons. The van der Waals surface area contributed by atoms with Gasteiger partial charge in [0.1, 0.15) is 17.5 Å². The number of hydrogen-bond donors (Lipinski definition) is 2. The number of carbonyl (C=O) groups is 2. The van der Waals surface area contributed by atoms with Crippen molar-refractivity contribution in [1.82, 2.24) is 29.7 Å². The number of aryl methyl sites for hydroxylation is 1. The lowest BCUT2D eigenvalue weighted by atomic mass is 10.1. The predicted molar refractivity (Wildman–Crippen MR) is 173 cm³/mol. The normalized spacial score (nSPS) is 15.9. The summed E-state index contributed by atoms with van der Waals surface area (Å²) in [5, 5.41) is 12.9. The van der Waals surface area contributed by atoms with E-state index in [9.17, 15) is 14.9 Å². The number of ether oxygens (including phenoxy) is 1. The zero-order valence-corrected chi connectivity index (χ0v) is 26.4. The van der Waals surface area contributed by atoms with E-state index in [2.05, 4.69) is 31.2 Å². The van der Waals surface area contributed by atoms with Crippen molar-refractivity contribution in [3.05, 3.63) is 59.4 Å². The number of aromatic nitrogens is 3. The fourth-order valence-electron chi connectivity index (χ4n) is 5.36. The van der Waals surface area contributed by atoms with Gasteiger partial charge in [-0.1, -0.05) is 30.0 Å². The smallest absolute Gasteiger partial charge is 0.223 e. The van der Waals surface area contributed by atoms with E-state index in [0.717, 1.165) is 77.0 Å². The SMILES string of the molecule is CC(=O)Nc1ccc(-c2nc(SCc3cccc(CCC(=O)N4CCN(CCN5CCOCC5)CC4)n3)nc(N)c2C#N)cc1. The number of nitriles is 1. The van der Waals surface area contributed by atoms with Crippen LogP contribution in [0.3, 0.4) is 0 Å². The summed E-state index contributed by atoms with van der Waals surface area (Å²) in [5.41, 5.74) is 9.81. The van der Waals surface area contributed by atoms with Crippen molar-refractivity contribution in [2.75, 3.05) is 76.6 Å². The number of morpholine rings is 1. The number of carbonyl (C=O) groups excluding carboxylic acids is 2. The highest BCUT2D eigenvalue weighted by atomic mass is 32.2. The molecule has 2 aliphatic rings. The molecular weight excluding hydrogens is 590 g/mol. The summed E-state index contributed by atoms with van der Waals surface area (Å²) in [6.07, 6.45) is 1.00. The molecule has 3 aromatic rings. The summed E-state index contributed by atoms with van der Waals surface area (Å²) in [6, 6.07) is 15.0. The molecule has 0 atom stereocenters. The Morgan fingerprint density at radius 2 is 1.64 bits per heavy atom. The maximum absolute atomic E-state index is 13.0. The van der Waals surface area contributed by atoms with Gasteiger partial charge >= 0.3 is 0 Å². The Hall–Kier alpha value is -4.09. The lowest BCUT2D eigenvalue weighted by molar-refractivity contribution is -0.133. The van der Waals surface area contributed by atoms with Gasteiger partial charge in [0.2, 0.25) is 11.8 Å². The number of nitrogens with two attached hydrogens (primary N) is 1. The number of pyridine rings is 1. The summed E-state index contributed by atoms with van der Waals surface area (Å²) >= 11 is 1.38. The molecule has 2 amide bonds. The fraction of sp³-hybridized carbons (Fsp3) is 0.438. The van der Waals surface area contributed by atoms with Gasteiger partial charge < -0.3 is 20.7 Å². The Bertz CT molecular complexity index is 1520. The minimum absolute atomic E-state index is 0.106. The van der Waals surface area contributed by atoms with Crippen molar-refractivity contribution in [3.63, 3.8) is 0 Å². The number of nitrogen functional groups attached to an aromatic ring is 1.